The number of hydrogen-bond acceptors (Lipinski definition) is 0. The van der Waals surface area contributed by atoms with Crippen LogP contribution in [0.4, 0.5) is 0 Å². The van der Waals surface area contributed by atoms with Crippen LogP contribution < -0.4 is 0 Å². The third-order valence-electron chi connectivity index (χ3n) is 8.60. The molecular weight excluding hydrogens is 240 g/mol. The first kappa shape index (κ1) is 13.4. The van der Waals surface area contributed by atoms with E-state index < -0.39 is 0 Å². The molecule has 0 aromatic rings. The Morgan fingerprint density at radius 3 is 2.60 bits per heavy atom. The third kappa shape index (κ3) is 1.60. The topological polar surface area (TPSA) is 0 Å². The van der Waals surface area contributed by atoms with Gasteiger partial charge in [-0.15, -0.1) is 0 Å². The predicted octanol–water partition coefficient (Wildman–Crippen LogP) is 5.83. The van der Waals surface area contributed by atoms with Crippen LogP contribution in [0.25, 0.3) is 0 Å². The van der Waals surface area contributed by atoms with E-state index in [1.165, 1.54) is 44.9 Å². The average Bonchev–Trinajstić information content (AvgIpc) is 2.74. The summed E-state index contributed by atoms with van der Waals surface area (Å²) in [5, 5.41) is 0. The van der Waals surface area contributed by atoms with E-state index in [4.69, 9.17) is 0 Å². The number of hydrogen-bond donors (Lipinski definition) is 0. The van der Waals surface area contributed by atoms with Crippen molar-refractivity contribution in [1.82, 2.24) is 0 Å². The Balaban J connectivity index is 1.68. The molecule has 4 rings (SSSR count). The van der Waals surface area contributed by atoms with Crippen LogP contribution in [0.15, 0.2) is 12.2 Å². The predicted molar refractivity (Wildman–Crippen MR) is 85.4 cm³/mol. The Labute approximate surface area is 125 Å². The molecule has 4 aliphatic carbocycles. The molecule has 3 fully saturated rings. The van der Waals surface area contributed by atoms with Gasteiger partial charge in [0, 0.05) is 0 Å². The maximum Gasteiger partial charge on any atom is -0.00872 e. The van der Waals surface area contributed by atoms with Crippen molar-refractivity contribution in [3.63, 3.8) is 0 Å². The molecule has 3 saturated carbocycles. The molecule has 20 heavy (non-hydrogen) atoms. The smallest absolute Gasteiger partial charge is 0.00872 e. The number of rotatable bonds is 0. The molecule has 0 bridgehead atoms. The zero-order valence-corrected chi connectivity index (χ0v) is 13.7. The molecule has 0 saturated heterocycles. The number of allylic oxidation sites excluding steroid dienone is 2. The molecule has 0 aromatic heterocycles. The second kappa shape index (κ2) is 4.37. The maximum absolute atomic E-state index is 2.65. The highest BCUT2D eigenvalue weighted by Gasteiger charge is 2.58. The van der Waals surface area contributed by atoms with Crippen molar-refractivity contribution in [3.8, 4) is 0 Å². The molecule has 0 N–H and O–H groups in total. The van der Waals surface area contributed by atoms with Crippen LogP contribution >= 0.6 is 0 Å². The maximum atomic E-state index is 2.65. The molecule has 7 atom stereocenters. The van der Waals surface area contributed by atoms with E-state index in [1.54, 1.807) is 6.42 Å². The van der Waals surface area contributed by atoms with Gasteiger partial charge in [-0.05, 0) is 91.8 Å². The second-order valence-corrected chi connectivity index (χ2v) is 9.02. The van der Waals surface area contributed by atoms with Crippen molar-refractivity contribution in [3.05, 3.63) is 12.2 Å². The van der Waals surface area contributed by atoms with E-state index in [1.807, 2.05) is 0 Å². The van der Waals surface area contributed by atoms with E-state index in [2.05, 4.69) is 32.9 Å². The molecule has 112 valence electrons. The molecule has 0 amide bonds. The summed E-state index contributed by atoms with van der Waals surface area (Å²) >= 11 is 0. The SMILES string of the molecule is CC1CC[C@H]2[C@@H]3CCC4CCC=C[C@]4(C)[C@H]3CC[C@]12C. The van der Waals surface area contributed by atoms with Gasteiger partial charge in [-0.1, -0.05) is 32.9 Å². The standard InChI is InChI=1S/C20H32/c1-14-7-10-17-16-9-8-15-6-4-5-12-20(15,3)18(16)11-13-19(14,17)2/h5,12,14-18H,4,6-11,13H2,1-3H3/t14?,15?,16-,17-,18-,19+,20-/m0/s1. The molecule has 0 radical (unpaired) electrons. The Morgan fingerprint density at radius 1 is 0.900 bits per heavy atom. The monoisotopic (exact) mass is 272 g/mol. The van der Waals surface area contributed by atoms with Crippen LogP contribution in [0.2, 0.25) is 0 Å². The summed E-state index contributed by atoms with van der Waals surface area (Å²) in [6.07, 6.45) is 17.1. The quantitative estimate of drug-likeness (QED) is 0.487. The molecule has 4 aliphatic rings. The Kier molecular flexibility index (Phi) is 2.93. The van der Waals surface area contributed by atoms with Gasteiger partial charge in [0.25, 0.3) is 0 Å². The van der Waals surface area contributed by atoms with Gasteiger partial charge < -0.3 is 0 Å². The first-order chi connectivity index (χ1) is 9.56. The minimum absolute atomic E-state index is 0.550. The van der Waals surface area contributed by atoms with Crippen LogP contribution in [-0.4, -0.2) is 0 Å². The second-order valence-electron chi connectivity index (χ2n) is 9.02. The molecular formula is C20H32. The van der Waals surface area contributed by atoms with Crippen molar-refractivity contribution in [2.45, 2.75) is 72.1 Å². The van der Waals surface area contributed by atoms with E-state index in [0.717, 1.165) is 29.6 Å². The lowest BCUT2D eigenvalue weighted by molar-refractivity contribution is -0.0771. The lowest BCUT2D eigenvalue weighted by Crippen LogP contribution is -2.51. The Bertz CT molecular complexity index is 422. The Morgan fingerprint density at radius 2 is 1.75 bits per heavy atom. The van der Waals surface area contributed by atoms with Crippen molar-refractivity contribution < 1.29 is 0 Å². The highest BCUT2D eigenvalue weighted by molar-refractivity contribution is 5.15. The van der Waals surface area contributed by atoms with Crippen molar-refractivity contribution >= 4 is 0 Å². The highest BCUT2D eigenvalue weighted by Crippen LogP contribution is 2.66. The highest BCUT2D eigenvalue weighted by atomic mass is 14.6. The van der Waals surface area contributed by atoms with E-state index in [0.29, 0.717) is 10.8 Å². The molecule has 0 nitrogen and oxygen atoms in total. The van der Waals surface area contributed by atoms with Crippen LogP contribution in [0.5, 0.6) is 0 Å². The first-order valence-electron chi connectivity index (χ1n) is 9.23. The van der Waals surface area contributed by atoms with Crippen molar-refractivity contribution in [1.29, 1.82) is 0 Å². The van der Waals surface area contributed by atoms with E-state index in [9.17, 15) is 0 Å². The van der Waals surface area contributed by atoms with Gasteiger partial charge in [0.05, 0.1) is 0 Å². The van der Waals surface area contributed by atoms with Crippen molar-refractivity contribution in [2.24, 2.45) is 40.4 Å². The lowest BCUT2D eigenvalue weighted by Gasteiger charge is -2.59. The zero-order valence-electron chi connectivity index (χ0n) is 13.7. The summed E-state index contributed by atoms with van der Waals surface area (Å²) in [5.74, 6) is 5.06. The van der Waals surface area contributed by atoms with Gasteiger partial charge in [0.1, 0.15) is 0 Å². The molecule has 0 heterocycles. The fourth-order valence-electron chi connectivity index (χ4n) is 7.08. The summed E-state index contributed by atoms with van der Waals surface area (Å²) in [6.45, 7) is 7.79. The van der Waals surface area contributed by atoms with Gasteiger partial charge in [0.2, 0.25) is 0 Å². The first-order valence-corrected chi connectivity index (χ1v) is 9.23. The Hall–Kier alpha value is -0.260. The van der Waals surface area contributed by atoms with Gasteiger partial charge in [-0.3, -0.25) is 0 Å². The molecule has 0 aromatic carbocycles. The van der Waals surface area contributed by atoms with Crippen molar-refractivity contribution in [2.75, 3.05) is 0 Å². The summed E-state index contributed by atoms with van der Waals surface area (Å²) in [4.78, 5) is 0. The van der Waals surface area contributed by atoms with Crippen LogP contribution in [0.3, 0.4) is 0 Å². The fourth-order valence-corrected chi connectivity index (χ4v) is 7.08. The largest absolute Gasteiger partial charge is 0.0880 e. The minimum atomic E-state index is 0.550. The third-order valence-corrected chi connectivity index (χ3v) is 8.60. The zero-order chi connectivity index (χ0) is 14.0. The normalized spacial score (nSPS) is 57.9. The van der Waals surface area contributed by atoms with Gasteiger partial charge in [0.15, 0.2) is 0 Å². The van der Waals surface area contributed by atoms with Crippen LogP contribution in [0, 0.1) is 40.4 Å². The molecule has 0 heteroatoms. The van der Waals surface area contributed by atoms with Crippen LogP contribution in [-0.2, 0) is 0 Å². The number of fused-ring (bicyclic) bond motifs is 5. The fraction of sp³-hybridized carbons (Fsp3) is 0.900. The molecule has 0 aliphatic heterocycles. The van der Waals surface area contributed by atoms with Gasteiger partial charge >= 0.3 is 0 Å². The summed E-state index contributed by atoms with van der Waals surface area (Å²) in [7, 11) is 0. The van der Waals surface area contributed by atoms with E-state index in [-0.39, 0.29) is 0 Å². The summed E-state index contributed by atoms with van der Waals surface area (Å²) in [6, 6.07) is 0. The lowest BCUT2D eigenvalue weighted by atomic mass is 9.46. The molecule has 2 unspecified atom stereocenters. The minimum Gasteiger partial charge on any atom is -0.0880 e. The van der Waals surface area contributed by atoms with Gasteiger partial charge in [-0.25, -0.2) is 0 Å². The molecule has 0 spiro atoms. The van der Waals surface area contributed by atoms with Crippen LogP contribution in [0.1, 0.15) is 72.1 Å². The van der Waals surface area contributed by atoms with E-state index >= 15 is 0 Å². The van der Waals surface area contributed by atoms with Gasteiger partial charge in [-0.2, -0.15) is 0 Å². The average molecular weight is 272 g/mol. The summed E-state index contributed by atoms with van der Waals surface area (Å²) in [5.41, 5.74) is 1.23. The summed E-state index contributed by atoms with van der Waals surface area (Å²) < 4.78 is 0.